The second-order valence-electron chi connectivity index (χ2n) is 2.83. The number of benzene rings is 1. The van der Waals surface area contributed by atoms with Crippen molar-refractivity contribution in [3.63, 3.8) is 0 Å². The molecule has 5 heteroatoms. The molecule has 0 aliphatic carbocycles. The molecule has 0 aromatic heterocycles. The number of rotatable bonds is 3. The van der Waals surface area contributed by atoms with Crippen molar-refractivity contribution in [3.8, 4) is 11.8 Å². The molecular formula is C10H8INO3. The zero-order valence-corrected chi connectivity index (χ0v) is 10.1. The highest BCUT2D eigenvalue weighted by atomic mass is 127. The summed E-state index contributed by atoms with van der Waals surface area (Å²) < 4.78 is 5.97. The Labute approximate surface area is 101 Å². The average Bonchev–Trinajstić information content (AvgIpc) is 2.20. The Kier molecular flexibility index (Phi) is 3.91. The number of nitriles is 1. The second-order valence-corrected chi connectivity index (χ2v) is 4.08. The van der Waals surface area contributed by atoms with Crippen LogP contribution in [0.1, 0.15) is 17.3 Å². The Bertz CT molecular complexity index is 425. The second kappa shape index (κ2) is 4.98. The number of nitrogens with zero attached hydrogens (tertiary/aromatic N) is 1. The summed E-state index contributed by atoms with van der Waals surface area (Å²) in [7, 11) is 0. The average molecular weight is 317 g/mol. The van der Waals surface area contributed by atoms with Crippen LogP contribution in [0.4, 0.5) is 0 Å². The minimum absolute atomic E-state index is 0.0731. The Morgan fingerprint density at radius 2 is 2.33 bits per heavy atom. The Morgan fingerprint density at radius 1 is 1.67 bits per heavy atom. The summed E-state index contributed by atoms with van der Waals surface area (Å²) in [5.41, 5.74) is 0.0731. The van der Waals surface area contributed by atoms with Crippen molar-refractivity contribution in [2.75, 3.05) is 0 Å². The maximum absolute atomic E-state index is 10.9. The number of carbonyl (C=O) groups is 1. The van der Waals surface area contributed by atoms with Crippen LogP contribution in [0.3, 0.4) is 0 Å². The molecular weight excluding hydrogens is 309 g/mol. The summed E-state index contributed by atoms with van der Waals surface area (Å²) in [6.45, 7) is 1.56. The van der Waals surface area contributed by atoms with Crippen molar-refractivity contribution in [1.82, 2.24) is 0 Å². The van der Waals surface area contributed by atoms with Gasteiger partial charge in [-0.15, -0.1) is 0 Å². The SMILES string of the molecule is CC(C#N)Oc1ccc(I)cc1C(=O)O. The zero-order valence-electron chi connectivity index (χ0n) is 7.90. The highest BCUT2D eigenvalue weighted by Gasteiger charge is 2.13. The first kappa shape index (κ1) is 11.8. The van der Waals surface area contributed by atoms with Crippen LogP contribution in [0.2, 0.25) is 0 Å². The highest BCUT2D eigenvalue weighted by Crippen LogP contribution is 2.22. The standard InChI is InChI=1S/C10H8INO3/c1-6(5-12)15-9-3-2-7(11)4-8(9)10(13)14/h2-4,6H,1H3,(H,13,14). The molecule has 0 fully saturated rings. The van der Waals surface area contributed by atoms with Crippen LogP contribution in [0, 0.1) is 14.9 Å². The fourth-order valence-electron chi connectivity index (χ4n) is 0.989. The van der Waals surface area contributed by atoms with Gasteiger partial charge in [0.25, 0.3) is 0 Å². The molecule has 0 aliphatic rings. The minimum atomic E-state index is -1.06. The molecule has 1 rings (SSSR count). The van der Waals surface area contributed by atoms with Gasteiger partial charge in [0, 0.05) is 3.57 Å². The van der Waals surface area contributed by atoms with Crippen LogP contribution in [0.5, 0.6) is 5.75 Å². The Morgan fingerprint density at radius 3 is 2.87 bits per heavy atom. The van der Waals surface area contributed by atoms with Gasteiger partial charge in [-0.25, -0.2) is 4.79 Å². The summed E-state index contributed by atoms with van der Waals surface area (Å²) >= 11 is 2.01. The van der Waals surface area contributed by atoms with Crippen LogP contribution in [0.25, 0.3) is 0 Å². The van der Waals surface area contributed by atoms with E-state index in [0.29, 0.717) is 0 Å². The number of hydrogen-bond donors (Lipinski definition) is 1. The fraction of sp³-hybridized carbons (Fsp3) is 0.200. The van der Waals surface area contributed by atoms with Crippen molar-refractivity contribution >= 4 is 28.6 Å². The summed E-state index contributed by atoms with van der Waals surface area (Å²) in [5.74, 6) is -0.842. The maximum atomic E-state index is 10.9. The van der Waals surface area contributed by atoms with E-state index in [1.54, 1.807) is 19.1 Å². The van der Waals surface area contributed by atoms with Gasteiger partial charge < -0.3 is 9.84 Å². The third kappa shape index (κ3) is 3.09. The topological polar surface area (TPSA) is 70.3 Å². The lowest BCUT2D eigenvalue weighted by molar-refractivity contribution is 0.0691. The van der Waals surface area contributed by atoms with Crippen LogP contribution in [0.15, 0.2) is 18.2 Å². The zero-order chi connectivity index (χ0) is 11.4. The van der Waals surface area contributed by atoms with Crippen molar-refractivity contribution in [2.24, 2.45) is 0 Å². The number of aromatic carboxylic acids is 1. The first-order chi connectivity index (χ1) is 7.04. The van der Waals surface area contributed by atoms with E-state index >= 15 is 0 Å². The van der Waals surface area contributed by atoms with Gasteiger partial charge in [0.1, 0.15) is 17.4 Å². The lowest BCUT2D eigenvalue weighted by Gasteiger charge is -2.10. The summed E-state index contributed by atoms with van der Waals surface area (Å²) in [6, 6.07) is 6.66. The van der Waals surface area contributed by atoms with Crippen LogP contribution >= 0.6 is 22.6 Å². The van der Waals surface area contributed by atoms with Crippen LogP contribution in [-0.2, 0) is 0 Å². The largest absolute Gasteiger partial charge is 0.478 e. The fourth-order valence-corrected chi connectivity index (χ4v) is 1.48. The van der Waals surface area contributed by atoms with Crippen molar-refractivity contribution in [3.05, 3.63) is 27.3 Å². The van der Waals surface area contributed by atoms with Gasteiger partial charge in [0.05, 0.1) is 0 Å². The quantitative estimate of drug-likeness (QED) is 0.868. The molecule has 0 amide bonds. The Balaban J connectivity index is 3.07. The first-order valence-electron chi connectivity index (χ1n) is 4.13. The van der Waals surface area contributed by atoms with E-state index in [2.05, 4.69) is 0 Å². The smallest absolute Gasteiger partial charge is 0.339 e. The van der Waals surface area contributed by atoms with E-state index < -0.39 is 12.1 Å². The van der Waals surface area contributed by atoms with Gasteiger partial charge in [-0.2, -0.15) is 5.26 Å². The number of ether oxygens (including phenoxy) is 1. The molecule has 78 valence electrons. The summed E-state index contributed by atoms with van der Waals surface area (Å²) in [4.78, 5) is 10.9. The van der Waals surface area contributed by atoms with E-state index in [9.17, 15) is 4.79 Å². The van der Waals surface area contributed by atoms with Gasteiger partial charge >= 0.3 is 5.97 Å². The molecule has 1 aromatic carbocycles. The van der Waals surface area contributed by atoms with Gasteiger partial charge in [-0.05, 0) is 47.7 Å². The summed E-state index contributed by atoms with van der Waals surface area (Å²) in [6.07, 6.45) is -0.664. The molecule has 0 radical (unpaired) electrons. The van der Waals surface area contributed by atoms with Crippen molar-refractivity contribution < 1.29 is 14.6 Å². The van der Waals surface area contributed by atoms with Gasteiger partial charge in [-0.1, -0.05) is 0 Å². The first-order valence-corrected chi connectivity index (χ1v) is 5.21. The molecule has 0 saturated heterocycles. The molecule has 4 nitrogen and oxygen atoms in total. The molecule has 0 spiro atoms. The number of halogens is 1. The van der Waals surface area contributed by atoms with Gasteiger partial charge in [-0.3, -0.25) is 0 Å². The molecule has 1 N–H and O–H groups in total. The van der Waals surface area contributed by atoms with E-state index in [0.717, 1.165) is 3.57 Å². The predicted octanol–water partition coefficient (Wildman–Crippen LogP) is 2.28. The van der Waals surface area contributed by atoms with Crippen LogP contribution in [-0.4, -0.2) is 17.2 Å². The van der Waals surface area contributed by atoms with E-state index in [1.165, 1.54) is 6.07 Å². The van der Waals surface area contributed by atoms with E-state index in [1.807, 2.05) is 28.7 Å². The Hall–Kier alpha value is -1.29. The number of hydrogen-bond acceptors (Lipinski definition) is 3. The van der Waals surface area contributed by atoms with E-state index in [-0.39, 0.29) is 11.3 Å². The number of carboxylic acids is 1. The highest BCUT2D eigenvalue weighted by molar-refractivity contribution is 14.1. The van der Waals surface area contributed by atoms with Crippen molar-refractivity contribution in [2.45, 2.75) is 13.0 Å². The van der Waals surface area contributed by atoms with Gasteiger partial charge in [0.2, 0.25) is 0 Å². The van der Waals surface area contributed by atoms with E-state index in [4.69, 9.17) is 15.1 Å². The normalized spacial score (nSPS) is 11.5. The molecule has 0 saturated carbocycles. The minimum Gasteiger partial charge on any atom is -0.478 e. The molecule has 1 unspecified atom stereocenters. The van der Waals surface area contributed by atoms with Crippen molar-refractivity contribution in [1.29, 1.82) is 5.26 Å². The molecule has 0 heterocycles. The van der Waals surface area contributed by atoms with Crippen LogP contribution < -0.4 is 4.74 Å². The molecule has 1 atom stereocenters. The number of carboxylic acid groups (broad SMARTS) is 1. The third-order valence-corrected chi connectivity index (χ3v) is 2.33. The molecule has 1 aromatic rings. The molecule has 0 bridgehead atoms. The maximum Gasteiger partial charge on any atom is 0.339 e. The lowest BCUT2D eigenvalue weighted by Crippen LogP contribution is -2.11. The molecule has 0 aliphatic heterocycles. The lowest BCUT2D eigenvalue weighted by atomic mass is 10.2. The summed E-state index contributed by atoms with van der Waals surface area (Å²) in [5, 5.41) is 17.5. The predicted molar refractivity (Wildman–Crippen MR) is 61.8 cm³/mol. The molecule has 15 heavy (non-hydrogen) atoms. The monoisotopic (exact) mass is 317 g/mol. The third-order valence-electron chi connectivity index (χ3n) is 1.66. The van der Waals surface area contributed by atoms with Gasteiger partial charge in [0.15, 0.2) is 6.10 Å².